The number of carbonyl (C=O) groups excluding carboxylic acids is 1. The van der Waals surface area contributed by atoms with Gasteiger partial charge in [-0.15, -0.1) is 0 Å². The molecule has 1 atom stereocenters. The summed E-state index contributed by atoms with van der Waals surface area (Å²) in [6.07, 6.45) is 4.37. The molecule has 0 spiro atoms. The third kappa shape index (κ3) is 4.22. The molecule has 25 heavy (non-hydrogen) atoms. The molecule has 3 rings (SSSR count). The van der Waals surface area contributed by atoms with Gasteiger partial charge in [0.15, 0.2) is 5.82 Å². The van der Waals surface area contributed by atoms with Crippen molar-refractivity contribution in [1.29, 1.82) is 0 Å². The first-order valence-corrected chi connectivity index (χ1v) is 8.70. The molecular formula is C18H23FN4O2. The van der Waals surface area contributed by atoms with Gasteiger partial charge in [-0.05, 0) is 43.4 Å². The number of nitrogens with two attached hydrogens (primary N) is 1. The van der Waals surface area contributed by atoms with E-state index in [1.807, 2.05) is 6.92 Å². The van der Waals surface area contributed by atoms with E-state index in [0.717, 1.165) is 37.9 Å². The molecular weight excluding hydrogens is 323 g/mol. The van der Waals surface area contributed by atoms with Crippen molar-refractivity contribution in [3.05, 3.63) is 47.4 Å². The second-order valence-corrected chi connectivity index (χ2v) is 6.50. The Kier molecular flexibility index (Phi) is 5.43. The Morgan fingerprint density at radius 1 is 1.32 bits per heavy atom. The van der Waals surface area contributed by atoms with Crippen LogP contribution in [0.15, 0.2) is 28.8 Å². The van der Waals surface area contributed by atoms with E-state index in [0.29, 0.717) is 11.5 Å². The Labute approximate surface area is 146 Å². The molecule has 2 aromatic rings. The molecule has 0 radical (unpaired) electrons. The first-order chi connectivity index (χ1) is 12.1. The SMILES string of the molecule is CCc1noc(C2CCC(NC(C(N)=O)c3ccc(F)cc3)CC2)n1. The molecule has 1 heterocycles. The molecule has 6 nitrogen and oxygen atoms in total. The summed E-state index contributed by atoms with van der Waals surface area (Å²) in [4.78, 5) is 16.2. The van der Waals surface area contributed by atoms with Crippen LogP contribution < -0.4 is 11.1 Å². The zero-order valence-electron chi connectivity index (χ0n) is 14.2. The summed E-state index contributed by atoms with van der Waals surface area (Å²) in [5, 5.41) is 7.27. The zero-order valence-corrected chi connectivity index (χ0v) is 14.2. The normalized spacial score (nSPS) is 21.8. The largest absolute Gasteiger partial charge is 0.368 e. The van der Waals surface area contributed by atoms with Crippen molar-refractivity contribution >= 4 is 5.91 Å². The lowest BCUT2D eigenvalue weighted by Gasteiger charge is -2.30. The molecule has 3 N–H and O–H groups in total. The molecule has 1 aromatic carbocycles. The Hall–Kier alpha value is -2.28. The number of halogens is 1. The van der Waals surface area contributed by atoms with Crippen LogP contribution in [-0.4, -0.2) is 22.1 Å². The molecule has 1 saturated carbocycles. The van der Waals surface area contributed by atoms with Crippen molar-refractivity contribution in [3.63, 3.8) is 0 Å². The summed E-state index contributed by atoms with van der Waals surface area (Å²) < 4.78 is 18.4. The summed E-state index contributed by atoms with van der Waals surface area (Å²) in [6.45, 7) is 1.99. The smallest absolute Gasteiger partial charge is 0.239 e. The fourth-order valence-corrected chi connectivity index (χ4v) is 3.32. The van der Waals surface area contributed by atoms with Crippen molar-refractivity contribution in [2.45, 2.75) is 57.0 Å². The van der Waals surface area contributed by atoms with Gasteiger partial charge in [0, 0.05) is 18.4 Å². The molecule has 7 heteroatoms. The highest BCUT2D eigenvalue weighted by Crippen LogP contribution is 2.33. The van der Waals surface area contributed by atoms with Gasteiger partial charge in [0.1, 0.15) is 11.9 Å². The second kappa shape index (κ2) is 7.74. The van der Waals surface area contributed by atoms with E-state index in [1.165, 1.54) is 12.1 Å². The van der Waals surface area contributed by atoms with Crippen molar-refractivity contribution in [1.82, 2.24) is 15.5 Å². The quantitative estimate of drug-likeness (QED) is 0.838. The second-order valence-electron chi connectivity index (χ2n) is 6.50. The van der Waals surface area contributed by atoms with Gasteiger partial charge in [0.2, 0.25) is 11.8 Å². The maximum atomic E-state index is 13.1. The van der Waals surface area contributed by atoms with Crippen LogP contribution in [0.4, 0.5) is 4.39 Å². The van der Waals surface area contributed by atoms with Gasteiger partial charge < -0.3 is 10.3 Å². The van der Waals surface area contributed by atoms with Crippen LogP contribution in [-0.2, 0) is 11.2 Å². The number of benzene rings is 1. The number of nitrogens with one attached hydrogen (secondary N) is 1. The highest BCUT2D eigenvalue weighted by atomic mass is 19.1. The van der Waals surface area contributed by atoms with Crippen LogP contribution in [0.2, 0.25) is 0 Å². The van der Waals surface area contributed by atoms with Crippen LogP contribution in [0.1, 0.15) is 61.8 Å². The van der Waals surface area contributed by atoms with E-state index in [4.69, 9.17) is 10.3 Å². The van der Waals surface area contributed by atoms with Crippen molar-refractivity contribution in [3.8, 4) is 0 Å². The van der Waals surface area contributed by atoms with Gasteiger partial charge in [0.25, 0.3) is 0 Å². The summed E-state index contributed by atoms with van der Waals surface area (Å²) in [5.41, 5.74) is 6.21. The van der Waals surface area contributed by atoms with Crippen LogP contribution in [0.25, 0.3) is 0 Å². The monoisotopic (exact) mass is 346 g/mol. The zero-order chi connectivity index (χ0) is 17.8. The number of amides is 1. The molecule has 1 amide bonds. The summed E-state index contributed by atoms with van der Waals surface area (Å²) >= 11 is 0. The minimum absolute atomic E-state index is 0.173. The summed E-state index contributed by atoms with van der Waals surface area (Å²) in [7, 11) is 0. The lowest BCUT2D eigenvalue weighted by molar-refractivity contribution is -0.120. The molecule has 1 aromatic heterocycles. The van der Waals surface area contributed by atoms with E-state index in [1.54, 1.807) is 12.1 Å². The van der Waals surface area contributed by atoms with Gasteiger partial charge in [-0.3, -0.25) is 10.1 Å². The number of aryl methyl sites for hydroxylation is 1. The fourth-order valence-electron chi connectivity index (χ4n) is 3.32. The molecule has 0 aliphatic heterocycles. The molecule has 0 saturated heterocycles. The van der Waals surface area contributed by atoms with E-state index in [2.05, 4.69) is 15.5 Å². The Morgan fingerprint density at radius 2 is 2.00 bits per heavy atom. The van der Waals surface area contributed by atoms with Crippen molar-refractivity contribution in [2.24, 2.45) is 5.73 Å². The van der Waals surface area contributed by atoms with Gasteiger partial charge in [-0.1, -0.05) is 24.2 Å². The number of carbonyl (C=O) groups is 1. The van der Waals surface area contributed by atoms with Gasteiger partial charge in [-0.25, -0.2) is 4.39 Å². The van der Waals surface area contributed by atoms with Crippen molar-refractivity contribution < 1.29 is 13.7 Å². The number of rotatable bonds is 6. The Bertz CT molecular complexity index is 708. The maximum absolute atomic E-state index is 13.1. The predicted octanol–water partition coefficient (Wildman–Crippen LogP) is 2.61. The number of primary amides is 1. The fraction of sp³-hybridized carbons (Fsp3) is 0.500. The molecule has 0 bridgehead atoms. The lowest BCUT2D eigenvalue weighted by atomic mass is 9.85. The average molecular weight is 346 g/mol. The van der Waals surface area contributed by atoms with Gasteiger partial charge in [0.05, 0.1) is 0 Å². The van der Waals surface area contributed by atoms with Crippen LogP contribution in [0, 0.1) is 5.82 Å². The average Bonchev–Trinajstić information content (AvgIpc) is 3.10. The third-order valence-electron chi connectivity index (χ3n) is 4.77. The summed E-state index contributed by atoms with van der Waals surface area (Å²) in [5.74, 6) is 0.918. The topological polar surface area (TPSA) is 94.0 Å². The minimum Gasteiger partial charge on any atom is -0.368 e. The van der Waals surface area contributed by atoms with Crippen LogP contribution in [0.3, 0.4) is 0 Å². The third-order valence-corrected chi connectivity index (χ3v) is 4.77. The van der Waals surface area contributed by atoms with Crippen LogP contribution in [0.5, 0.6) is 0 Å². The lowest BCUT2D eigenvalue weighted by Crippen LogP contribution is -2.41. The maximum Gasteiger partial charge on any atom is 0.239 e. The predicted molar refractivity (Wildman–Crippen MR) is 90.1 cm³/mol. The van der Waals surface area contributed by atoms with Gasteiger partial charge in [-0.2, -0.15) is 4.98 Å². The van der Waals surface area contributed by atoms with Crippen LogP contribution >= 0.6 is 0 Å². The van der Waals surface area contributed by atoms with Crippen molar-refractivity contribution in [2.75, 3.05) is 0 Å². The van der Waals surface area contributed by atoms with E-state index >= 15 is 0 Å². The highest BCUT2D eigenvalue weighted by Gasteiger charge is 2.29. The standard InChI is InChI=1S/C18H23FN4O2/c1-2-15-22-18(25-23-15)12-5-9-14(10-6-12)21-16(17(20)24)11-3-7-13(19)8-4-11/h3-4,7-8,12,14,16,21H,2,5-6,9-10H2,1H3,(H2,20,24). The number of nitrogens with zero attached hydrogens (tertiary/aromatic N) is 2. The van der Waals surface area contributed by atoms with E-state index in [-0.39, 0.29) is 17.8 Å². The first-order valence-electron chi connectivity index (χ1n) is 8.70. The van der Waals surface area contributed by atoms with Gasteiger partial charge >= 0.3 is 0 Å². The number of hydrogen-bond acceptors (Lipinski definition) is 5. The molecule has 1 aliphatic rings. The Morgan fingerprint density at radius 3 is 2.56 bits per heavy atom. The molecule has 1 fully saturated rings. The molecule has 1 aliphatic carbocycles. The first kappa shape index (κ1) is 17.5. The number of hydrogen-bond donors (Lipinski definition) is 2. The van der Waals surface area contributed by atoms with E-state index in [9.17, 15) is 9.18 Å². The highest BCUT2D eigenvalue weighted by molar-refractivity contribution is 5.81. The summed E-state index contributed by atoms with van der Waals surface area (Å²) in [6, 6.07) is 5.42. The Balaban J connectivity index is 1.59. The van der Waals surface area contributed by atoms with E-state index < -0.39 is 11.9 Å². The minimum atomic E-state index is -0.614. The molecule has 134 valence electrons. The molecule has 1 unspecified atom stereocenters. The number of aromatic nitrogens is 2.